The number of hydrogen-bond donors (Lipinski definition) is 1. The third-order valence-corrected chi connectivity index (χ3v) is 3.49. The first-order valence-corrected chi connectivity index (χ1v) is 6.73. The standard InChI is InChI=1S/C16H16FN3O/c1-3-20-14-8-10(17)4-7-13(14)19-16(20)12-6-5-11(18)9-15(12)21-2/h4-9H,3,18H2,1-2H3. The predicted octanol–water partition coefficient (Wildman–Crippen LogP) is 3.45. The quantitative estimate of drug-likeness (QED) is 0.750. The van der Waals surface area contributed by atoms with Gasteiger partial charge in [-0.3, -0.25) is 0 Å². The van der Waals surface area contributed by atoms with Crippen molar-refractivity contribution in [2.45, 2.75) is 13.5 Å². The van der Waals surface area contributed by atoms with Gasteiger partial charge < -0.3 is 15.0 Å². The topological polar surface area (TPSA) is 53.1 Å². The van der Waals surface area contributed by atoms with Crippen molar-refractivity contribution in [2.75, 3.05) is 12.8 Å². The lowest BCUT2D eigenvalue weighted by atomic mass is 10.1. The Bertz CT molecular complexity index is 811. The molecule has 108 valence electrons. The summed E-state index contributed by atoms with van der Waals surface area (Å²) in [5, 5.41) is 0. The van der Waals surface area contributed by atoms with Gasteiger partial charge in [-0.15, -0.1) is 0 Å². The van der Waals surface area contributed by atoms with Crippen LogP contribution in [0.15, 0.2) is 36.4 Å². The van der Waals surface area contributed by atoms with E-state index in [2.05, 4.69) is 4.98 Å². The minimum atomic E-state index is -0.270. The zero-order valence-corrected chi connectivity index (χ0v) is 11.9. The van der Waals surface area contributed by atoms with Crippen molar-refractivity contribution in [3.63, 3.8) is 0 Å². The third-order valence-electron chi connectivity index (χ3n) is 3.49. The van der Waals surface area contributed by atoms with Crippen molar-refractivity contribution in [1.82, 2.24) is 9.55 Å². The Morgan fingerprint density at radius 1 is 1.24 bits per heavy atom. The number of benzene rings is 2. The van der Waals surface area contributed by atoms with Crippen molar-refractivity contribution in [2.24, 2.45) is 0 Å². The van der Waals surface area contributed by atoms with E-state index in [1.807, 2.05) is 17.6 Å². The average molecular weight is 285 g/mol. The van der Waals surface area contributed by atoms with Gasteiger partial charge in [-0.2, -0.15) is 0 Å². The number of nitrogen functional groups attached to an aromatic ring is 1. The highest BCUT2D eigenvalue weighted by Crippen LogP contribution is 2.33. The largest absolute Gasteiger partial charge is 0.496 e. The van der Waals surface area contributed by atoms with Crippen LogP contribution in [-0.4, -0.2) is 16.7 Å². The molecule has 2 N–H and O–H groups in total. The zero-order valence-electron chi connectivity index (χ0n) is 11.9. The molecular formula is C16H16FN3O. The van der Waals surface area contributed by atoms with Gasteiger partial charge in [0.1, 0.15) is 17.4 Å². The molecule has 0 spiro atoms. The molecule has 0 aliphatic rings. The average Bonchev–Trinajstić information content (AvgIpc) is 2.84. The number of ether oxygens (including phenoxy) is 1. The number of anilines is 1. The van der Waals surface area contributed by atoms with E-state index < -0.39 is 0 Å². The summed E-state index contributed by atoms with van der Waals surface area (Å²) in [5.74, 6) is 1.13. The fraction of sp³-hybridized carbons (Fsp3) is 0.188. The van der Waals surface area contributed by atoms with Crippen LogP contribution in [0.1, 0.15) is 6.92 Å². The van der Waals surface area contributed by atoms with Gasteiger partial charge in [0.15, 0.2) is 0 Å². The maximum Gasteiger partial charge on any atom is 0.144 e. The van der Waals surface area contributed by atoms with Crippen LogP contribution in [0.2, 0.25) is 0 Å². The summed E-state index contributed by atoms with van der Waals surface area (Å²) in [6.07, 6.45) is 0. The Labute approximate surface area is 122 Å². The molecule has 0 fully saturated rings. The molecular weight excluding hydrogens is 269 g/mol. The van der Waals surface area contributed by atoms with Gasteiger partial charge in [-0.05, 0) is 37.3 Å². The molecule has 0 unspecified atom stereocenters. The number of rotatable bonds is 3. The van der Waals surface area contributed by atoms with Crippen LogP contribution in [-0.2, 0) is 6.54 Å². The van der Waals surface area contributed by atoms with Gasteiger partial charge in [0.2, 0.25) is 0 Å². The van der Waals surface area contributed by atoms with E-state index >= 15 is 0 Å². The molecule has 1 aromatic heterocycles. The number of halogens is 1. The van der Waals surface area contributed by atoms with E-state index in [4.69, 9.17) is 10.5 Å². The first-order valence-electron chi connectivity index (χ1n) is 6.73. The van der Waals surface area contributed by atoms with Crippen molar-refractivity contribution < 1.29 is 9.13 Å². The molecule has 4 nitrogen and oxygen atoms in total. The van der Waals surface area contributed by atoms with Crippen LogP contribution in [0.25, 0.3) is 22.4 Å². The summed E-state index contributed by atoms with van der Waals surface area (Å²) in [5.41, 5.74) is 8.78. The lowest BCUT2D eigenvalue weighted by Gasteiger charge is -2.11. The van der Waals surface area contributed by atoms with Gasteiger partial charge in [-0.1, -0.05) is 0 Å². The Kier molecular flexibility index (Phi) is 3.25. The number of aromatic nitrogens is 2. The Balaban J connectivity index is 2.30. The highest BCUT2D eigenvalue weighted by molar-refractivity contribution is 5.82. The highest BCUT2D eigenvalue weighted by Gasteiger charge is 2.16. The van der Waals surface area contributed by atoms with Gasteiger partial charge in [0, 0.05) is 18.3 Å². The van der Waals surface area contributed by atoms with Crippen molar-refractivity contribution in [3.05, 3.63) is 42.2 Å². The van der Waals surface area contributed by atoms with Crippen LogP contribution in [0, 0.1) is 5.82 Å². The molecule has 0 saturated heterocycles. The first kappa shape index (κ1) is 13.4. The zero-order chi connectivity index (χ0) is 15.0. The van der Waals surface area contributed by atoms with Crippen LogP contribution in [0.5, 0.6) is 5.75 Å². The maximum absolute atomic E-state index is 13.5. The van der Waals surface area contributed by atoms with Gasteiger partial charge in [0.05, 0.1) is 23.7 Å². The SMILES string of the molecule is CCn1c(-c2ccc(N)cc2OC)nc2ccc(F)cc21. The third kappa shape index (κ3) is 2.20. The van der Waals surface area contributed by atoms with Crippen molar-refractivity contribution in [1.29, 1.82) is 0 Å². The molecule has 0 saturated carbocycles. The molecule has 3 rings (SSSR count). The number of methoxy groups -OCH3 is 1. The number of nitrogens with zero attached hydrogens (tertiary/aromatic N) is 2. The van der Waals surface area contributed by atoms with E-state index in [0.29, 0.717) is 18.0 Å². The first-order chi connectivity index (χ1) is 10.1. The molecule has 0 radical (unpaired) electrons. The predicted molar refractivity (Wildman–Crippen MR) is 81.8 cm³/mol. The van der Waals surface area contributed by atoms with Gasteiger partial charge >= 0.3 is 0 Å². The molecule has 0 atom stereocenters. The summed E-state index contributed by atoms with van der Waals surface area (Å²) in [7, 11) is 1.59. The highest BCUT2D eigenvalue weighted by atomic mass is 19.1. The lowest BCUT2D eigenvalue weighted by molar-refractivity contribution is 0.416. The minimum Gasteiger partial charge on any atom is -0.496 e. The maximum atomic E-state index is 13.5. The molecule has 0 aliphatic carbocycles. The van der Waals surface area contributed by atoms with E-state index in [1.165, 1.54) is 12.1 Å². The molecule has 0 bridgehead atoms. The van der Waals surface area contributed by atoms with Crippen LogP contribution in [0.3, 0.4) is 0 Å². The van der Waals surface area contributed by atoms with Crippen LogP contribution < -0.4 is 10.5 Å². The van der Waals surface area contributed by atoms with Crippen molar-refractivity contribution >= 4 is 16.7 Å². The fourth-order valence-corrected chi connectivity index (χ4v) is 2.51. The Hall–Kier alpha value is -2.56. The molecule has 1 heterocycles. The molecule has 0 amide bonds. The summed E-state index contributed by atoms with van der Waals surface area (Å²) >= 11 is 0. The smallest absolute Gasteiger partial charge is 0.144 e. The molecule has 21 heavy (non-hydrogen) atoms. The molecule has 2 aromatic carbocycles. The normalized spacial score (nSPS) is 11.0. The number of fused-ring (bicyclic) bond motifs is 1. The Morgan fingerprint density at radius 2 is 2.05 bits per heavy atom. The summed E-state index contributed by atoms with van der Waals surface area (Å²) in [4.78, 5) is 4.61. The second-order valence-electron chi connectivity index (χ2n) is 4.77. The van der Waals surface area contributed by atoms with Crippen LogP contribution >= 0.6 is 0 Å². The molecule has 0 aliphatic heterocycles. The monoisotopic (exact) mass is 285 g/mol. The van der Waals surface area contributed by atoms with E-state index in [0.717, 1.165) is 22.4 Å². The minimum absolute atomic E-state index is 0.270. The van der Waals surface area contributed by atoms with Crippen molar-refractivity contribution in [3.8, 4) is 17.1 Å². The van der Waals surface area contributed by atoms with E-state index in [9.17, 15) is 4.39 Å². The number of hydrogen-bond acceptors (Lipinski definition) is 3. The summed E-state index contributed by atoms with van der Waals surface area (Å²) in [6.45, 7) is 2.68. The Morgan fingerprint density at radius 3 is 2.76 bits per heavy atom. The fourth-order valence-electron chi connectivity index (χ4n) is 2.51. The summed E-state index contributed by atoms with van der Waals surface area (Å²) < 4.78 is 20.8. The number of imidazole rings is 1. The molecule has 5 heteroatoms. The number of aryl methyl sites for hydroxylation is 1. The van der Waals surface area contributed by atoms with E-state index in [1.54, 1.807) is 25.3 Å². The molecule has 3 aromatic rings. The van der Waals surface area contributed by atoms with Gasteiger partial charge in [-0.25, -0.2) is 9.37 Å². The second-order valence-corrected chi connectivity index (χ2v) is 4.77. The van der Waals surface area contributed by atoms with Crippen LogP contribution in [0.4, 0.5) is 10.1 Å². The summed E-state index contributed by atoms with van der Waals surface area (Å²) in [6, 6.07) is 10.0. The van der Waals surface area contributed by atoms with Gasteiger partial charge in [0.25, 0.3) is 0 Å². The number of nitrogens with two attached hydrogens (primary N) is 1. The lowest BCUT2D eigenvalue weighted by Crippen LogP contribution is -2.00. The second kappa shape index (κ2) is 5.09. The van der Waals surface area contributed by atoms with E-state index in [-0.39, 0.29) is 5.82 Å².